The van der Waals surface area contributed by atoms with E-state index in [2.05, 4.69) is 74.7 Å². The standard InChI is InChI=1S/C75H141N2O7P/c1-7-10-13-16-19-22-25-27-29-31-33-35-37-38-40-41-43-45-47-49-52-55-58-61-64-67-74(78)76-72(71-83-85(80,81)82-70-69-77(4,5)6)73(66-63-60-57-54-51-24-21-18-15-12-9-3)84-75(79)68-65-62-59-56-53-50-48-46-44-42-39-36-34-32-30-28-26-23-20-17-14-11-8-2/h20,23,28,30,34,36,42,44,63,66,72-73H,7-19,21-22,24-27,29,31-33,35,37-41,43,45-62,64-65,67-71H2,1-6H3,(H-,76,78,80,81)/p+1/b23-20-,30-28-,36-34-,44-42-,66-63+. The fourth-order valence-corrected chi connectivity index (χ4v) is 11.5. The molecule has 0 saturated carbocycles. The van der Waals surface area contributed by atoms with E-state index in [1.54, 1.807) is 0 Å². The van der Waals surface area contributed by atoms with Gasteiger partial charge >= 0.3 is 13.8 Å². The largest absolute Gasteiger partial charge is 0.472 e. The molecule has 0 aromatic heterocycles. The lowest BCUT2D eigenvalue weighted by Gasteiger charge is -2.27. The summed E-state index contributed by atoms with van der Waals surface area (Å²) in [5.41, 5.74) is 0. The fourth-order valence-electron chi connectivity index (χ4n) is 10.8. The second-order valence-electron chi connectivity index (χ2n) is 26.1. The van der Waals surface area contributed by atoms with Gasteiger partial charge in [-0.2, -0.15) is 0 Å². The molecule has 3 unspecified atom stereocenters. The Kier molecular flexibility index (Phi) is 62.9. The highest BCUT2D eigenvalue weighted by Gasteiger charge is 2.30. The van der Waals surface area contributed by atoms with Crippen LogP contribution >= 0.6 is 7.82 Å². The molecule has 2 N–H and O–H groups in total. The van der Waals surface area contributed by atoms with Gasteiger partial charge in [-0.1, -0.05) is 326 Å². The highest BCUT2D eigenvalue weighted by Crippen LogP contribution is 2.43. The van der Waals surface area contributed by atoms with E-state index >= 15 is 0 Å². The van der Waals surface area contributed by atoms with Crippen LogP contribution in [0.4, 0.5) is 0 Å². The lowest BCUT2D eigenvalue weighted by Crippen LogP contribution is -2.47. The minimum absolute atomic E-state index is 0.0388. The summed E-state index contributed by atoms with van der Waals surface area (Å²) in [6.45, 7) is 7.02. The van der Waals surface area contributed by atoms with Gasteiger partial charge in [0.05, 0.1) is 33.8 Å². The topological polar surface area (TPSA) is 111 Å². The summed E-state index contributed by atoms with van der Waals surface area (Å²) in [6.07, 6.45) is 83.8. The van der Waals surface area contributed by atoms with Gasteiger partial charge in [-0.3, -0.25) is 18.6 Å². The highest BCUT2D eigenvalue weighted by atomic mass is 31.2. The zero-order valence-electron chi connectivity index (χ0n) is 57.1. The first-order chi connectivity index (χ1) is 41.4. The van der Waals surface area contributed by atoms with Gasteiger partial charge in [0.2, 0.25) is 5.91 Å². The fraction of sp³-hybridized carbons (Fsp3) is 0.840. The third-order valence-corrected chi connectivity index (χ3v) is 17.4. The number of carbonyl (C=O) groups is 2. The summed E-state index contributed by atoms with van der Waals surface area (Å²) < 4.78 is 30.8. The maximum atomic E-state index is 13.6. The van der Waals surface area contributed by atoms with Crippen LogP contribution in [0.2, 0.25) is 0 Å². The minimum Gasteiger partial charge on any atom is -0.456 e. The first-order valence-electron chi connectivity index (χ1n) is 36.6. The number of hydrogen-bond donors (Lipinski definition) is 2. The molecule has 1 amide bonds. The summed E-state index contributed by atoms with van der Waals surface area (Å²) in [5, 5.41) is 3.07. The number of phosphoric acid groups is 1. The van der Waals surface area contributed by atoms with Crippen molar-refractivity contribution in [1.29, 1.82) is 0 Å². The summed E-state index contributed by atoms with van der Waals surface area (Å²) in [7, 11) is 1.50. The Balaban J connectivity index is 5.00. The van der Waals surface area contributed by atoms with Crippen molar-refractivity contribution in [1.82, 2.24) is 5.32 Å². The summed E-state index contributed by atoms with van der Waals surface area (Å²) in [5.74, 6) is -0.503. The van der Waals surface area contributed by atoms with E-state index in [-0.39, 0.29) is 31.5 Å². The molecule has 0 bridgehead atoms. The molecular weight excluding hydrogens is 1070 g/mol. The van der Waals surface area contributed by atoms with Crippen molar-refractivity contribution >= 4 is 19.7 Å². The number of phosphoric ester groups is 1. The molecule has 0 heterocycles. The number of hydrogen-bond acceptors (Lipinski definition) is 6. The molecule has 0 aromatic rings. The lowest BCUT2D eigenvalue weighted by atomic mass is 10.0. The number of nitrogens with zero attached hydrogens (tertiary/aromatic N) is 1. The Morgan fingerprint density at radius 1 is 0.412 bits per heavy atom. The van der Waals surface area contributed by atoms with E-state index in [0.717, 1.165) is 89.9 Å². The van der Waals surface area contributed by atoms with Gasteiger partial charge in [0.1, 0.15) is 19.3 Å². The Bertz CT molecular complexity index is 1640. The van der Waals surface area contributed by atoms with Crippen molar-refractivity contribution in [3.05, 3.63) is 60.8 Å². The predicted octanol–water partition coefficient (Wildman–Crippen LogP) is 23.3. The Hall–Kier alpha value is -2.29. The normalized spacial score (nSPS) is 13.8. The number of esters is 1. The molecule has 10 heteroatoms. The van der Waals surface area contributed by atoms with Gasteiger partial charge in [0.25, 0.3) is 0 Å². The molecule has 0 aliphatic rings. The van der Waals surface area contributed by atoms with Crippen LogP contribution in [0.5, 0.6) is 0 Å². The Morgan fingerprint density at radius 2 is 0.718 bits per heavy atom. The molecule has 0 radical (unpaired) electrons. The Morgan fingerprint density at radius 3 is 1.09 bits per heavy atom. The summed E-state index contributed by atoms with van der Waals surface area (Å²) >= 11 is 0. The first-order valence-corrected chi connectivity index (χ1v) is 38.1. The van der Waals surface area contributed by atoms with Crippen LogP contribution in [-0.4, -0.2) is 74.3 Å². The molecule has 0 spiro atoms. The van der Waals surface area contributed by atoms with Crippen LogP contribution in [0.3, 0.4) is 0 Å². The van der Waals surface area contributed by atoms with E-state index in [4.69, 9.17) is 13.8 Å². The number of amides is 1. The quantitative estimate of drug-likeness (QED) is 0.0205. The van der Waals surface area contributed by atoms with E-state index < -0.39 is 20.0 Å². The number of carbonyl (C=O) groups excluding carboxylic acids is 2. The number of likely N-dealkylation sites (N-methyl/N-ethyl adjacent to an activating group) is 1. The lowest BCUT2D eigenvalue weighted by molar-refractivity contribution is -0.870. The monoisotopic (exact) mass is 1210 g/mol. The third kappa shape index (κ3) is 66.0. The van der Waals surface area contributed by atoms with Crippen LogP contribution in [0.25, 0.3) is 0 Å². The maximum Gasteiger partial charge on any atom is 0.472 e. The van der Waals surface area contributed by atoms with Gasteiger partial charge in [0, 0.05) is 12.8 Å². The number of nitrogens with one attached hydrogen (secondary N) is 1. The van der Waals surface area contributed by atoms with Crippen molar-refractivity contribution in [2.45, 2.75) is 367 Å². The average molecular weight is 1210 g/mol. The van der Waals surface area contributed by atoms with Crippen molar-refractivity contribution in [2.24, 2.45) is 0 Å². The molecule has 0 aliphatic heterocycles. The first kappa shape index (κ1) is 82.7. The molecule has 498 valence electrons. The molecule has 0 aromatic carbocycles. The van der Waals surface area contributed by atoms with Crippen LogP contribution in [0, 0.1) is 0 Å². The van der Waals surface area contributed by atoms with Crippen LogP contribution in [-0.2, 0) is 27.9 Å². The number of rotatable bonds is 67. The van der Waals surface area contributed by atoms with Crippen molar-refractivity contribution in [3.63, 3.8) is 0 Å². The molecular formula is C75H142N2O7P+. The second kappa shape index (κ2) is 64.7. The molecule has 9 nitrogen and oxygen atoms in total. The van der Waals surface area contributed by atoms with Crippen LogP contribution in [0.1, 0.15) is 355 Å². The van der Waals surface area contributed by atoms with Crippen molar-refractivity contribution in [3.8, 4) is 0 Å². The van der Waals surface area contributed by atoms with Gasteiger partial charge in [-0.15, -0.1) is 0 Å². The van der Waals surface area contributed by atoms with E-state index in [1.165, 1.54) is 231 Å². The van der Waals surface area contributed by atoms with E-state index in [9.17, 15) is 19.0 Å². The summed E-state index contributed by atoms with van der Waals surface area (Å²) in [6, 6.07) is -0.853. The van der Waals surface area contributed by atoms with Gasteiger partial charge in [-0.05, 0) is 76.7 Å². The van der Waals surface area contributed by atoms with E-state index in [0.29, 0.717) is 17.4 Å². The molecule has 0 saturated heterocycles. The zero-order valence-corrected chi connectivity index (χ0v) is 58.0. The number of allylic oxidation sites excluding steroid dienone is 9. The second-order valence-corrected chi connectivity index (χ2v) is 27.6. The SMILES string of the molecule is CCCCC/C=C\C/C=C\C/C=C\C/C=C\CCCCCCCCCC(=O)OC(/C=C/CCCCCCCCCCC)C(COP(=O)(O)OCC[N+](C)(C)C)NC(=O)CCCCCCCCCCCCCCCCCCCCCCCCCCC. The summed E-state index contributed by atoms with van der Waals surface area (Å²) in [4.78, 5) is 37.9. The molecule has 0 aliphatic carbocycles. The predicted molar refractivity (Wildman–Crippen MR) is 369 cm³/mol. The average Bonchev–Trinajstić information content (AvgIpc) is 3.62. The molecule has 0 fully saturated rings. The maximum absolute atomic E-state index is 13.6. The molecule has 0 rings (SSSR count). The van der Waals surface area contributed by atoms with Crippen LogP contribution < -0.4 is 5.32 Å². The van der Waals surface area contributed by atoms with Crippen molar-refractivity contribution in [2.75, 3.05) is 40.9 Å². The Labute approximate surface area is 528 Å². The smallest absolute Gasteiger partial charge is 0.456 e. The van der Waals surface area contributed by atoms with Gasteiger partial charge < -0.3 is 19.4 Å². The number of quaternary nitrogens is 1. The van der Waals surface area contributed by atoms with Crippen molar-refractivity contribution < 1.29 is 37.3 Å². The number of ether oxygens (including phenoxy) is 1. The zero-order chi connectivity index (χ0) is 62.1. The third-order valence-electron chi connectivity index (χ3n) is 16.5. The van der Waals surface area contributed by atoms with Crippen LogP contribution in [0.15, 0.2) is 60.8 Å². The highest BCUT2D eigenvalue weighted by molar-refractivity contribution is 7.47. The van der Waals surface area contributed by atoms with Gasteiger partial charge in [0.15, 0.2) is 0 Å². The molecule has 3 atom stereocenters. The molecule has 85 heavy (non-hydrogen) atoms. The number of unbranched alkanes of at least 4 members (excludes halogenated alkanes) is 43. The van der Waals surface area contributed by atoms with E-state index in [1.807, 2.05) is 33.3 Å². The minimum atomic E-state index is -4.46. The van der Waals surface area contributed by atoms with Gasteiger partial charge in [-0.25, -0.2) is 4.57 Å².